The first-order valence-electron chi connectivity index (χ1n) is 7.24. The molecule has 19 heavy (non-hydrogen) atoms. The van der Waals surface area contributed by atoms with E-state index in [9.17, 15) is 0 Å². The molecule has 0 aromatic heterocycles. The summed E-state index contributed by atoms with van der Waals surface area (Å²) in [4.78, 5) is 0. The number of nitrogens with one attached hydrogen (secondary N) is 1. The van der Waals surface area contributed by atoms with Crippen molar-refractivity contribution in [3.05, 3.63) is 35.4 Å². The Labute approximate surface area is 122 Å². The third-order valence-electron chi connectivity index (χ3n) is 2.84. The van der Waals surface area contributed by atoms with Gasteiger partial charge in [-0.05, 0) is 18.9 Å². The number of rotatable bonds is 11. The van der Waals surface area contributed by atoms with Crippen molar-refractivity contribution in [3.8, 4) is 0 Å². The first-order valence-corrected chi connectivity index (χ1v) is 8.40. The van der Waals surface area contributed by atoms with Crippen molar-refractivity contribution in [2.75, 3.05) is 32.1 Å². The van der Waals surface area contributed by atoms with E-state index in [0.717, 1.165) is 37.8 Å². The molecule has 0 atom stereocenters. The van der Waals surface area contributed by atoms with E-state index in [4.69, 9.17) is 4.74 Å². The minimum Gasteiger partial charge on any atom is -0.380 e. The molecule has 0 bridgehead atoms. The summed E-state index contributed by atoms with van der Waals surface area (Å²) in [7, 11) is 0. The molecule has 2 nitrogen and oxygen atoms in total. The highest BCUT2D eigenvalue weighted by atomic mass is 32.2. The van der Waals surface area contributed by atoms with Crippen molar-refractivity contribution in [2.45, 2.75) is 32.4 Å². The number of hydrogen-bond acceptors (Lipinski definition) is 3. The molecule has 0 aliphatic heterocycles. The fourth-order valence-electron chi connectivity index (χ4n) is 1.75. The van der Waals surface area contributed by atoms with Gasteiger partial charge in [-0.15, -0.1) is 0 Å². The first kappa shape index (κ1) is 16.5. The van der Waals surface area contributed by atoms with E-state index in [1.54, 1.807) is 0 Å². The number of aryl methyl sites for hydroxylation is 1. The zero-order chi connectivity index (χ0) is 13.8. The van der Waals surface area contributed by atoms with Crippen molar-refractivity contribution < 1.29 is 4.74 Å². The Hall–Kier alpha value is -0.510. The Morgan fingerprint density at radius 2 is 2.11 bits per heavy atom. The lowest BCUT2D eigenvalue weighted by molar-refractivity contribution is 0.133. The van der Waals surface area contributed by atoms with E-state index >= 15 is 0 Å². The molecule has 0 saturated heterocycles. The zero-order valence-corrected chi connectivity index (χ0v) is 13.1. The Bertz CT molecular complexity index is 330. The molecule has 3 heteroatoms. The highest BCUT2D eigenvalue weighted by Crippen LogP contribution is 2.12. The molecule has 0 amide bonds. The largest absolute Gasteiger partial charge is 0.380 e. The molecule has 0 radical (unpaired) electrons. The van der Waals surface area contributed by atoms with E-state index in [2.05, 4.69) is 43.4 Å². The van der Waals surface area contributed by atoms with Gasteiger partial charge in [0.15, 0.2) is 0 Å². The van der Waals surface area contributed by atoms with Gasteiger partial charge in [-0.1, -0.05) is 43.2 Å². The Morgan fingerprint density at radius 3 is 2.89 bits per heavy atom. The van der Waals surface area contributed by atoms with Crippen molar-refractivity contribution in [2.24, 2.45) is 0 Å². The van der Waals surface area contributed by atoms with Gasteiger partial charge in [-0.2, -0.15) is 11.8 Å². The summed E-state index contributed by atoms with van der Waals surface area (Å²) < 4.78 is 5.49. The number of unbranched alkanes of at least 4 members (excludes halogenated alkanes) is 1. The predicted octanol–water partition coefficient (Wildman–Crippen LogP) is 3.63. The minimum atomic E-state index is 0.836. The maximum Gasteiger partial charge on any atom is 0.0590 e. The van der Waals surface area contributed by atoms with Crippen LogP contribution in [0, 0.1) is 6.92 Å². The summed E-state index contributed by atoms with van der Waals surface area (Å²) >= 11 is 1.98. The molecule has 0 unspecified atom stereocenters. The van der Waals surface area contributed by atoms with Crippen LogP contribution in [0.15, 0.2) is 24.3 Å². The molecular formula is C16H27NOS. The summed E-state index contributed by atoms with van der Waals surface area (Å²) in [5.41, 5.74) is 2.77. The highest BCUT2D eigenvalue weighted by molar-refractivity contribution is 7.98. The third-order valence-corrected chi connectivity index (χ3v) is 3.87. The van der Waals surface area contributed by atoms with Gasteiger partial charge in [0, 0.05) is 31.2 Å². The van der Waals surface area contributed by atoms with E-state index in [1.807, 2.05) is 11.8 Å². The molecule has 0 saturated carbocycles. The lowest BCUT2D eigenvalue weighted by atomic mass is 10.2. The second-order valence-electron chi connectivity index (χ2n) is 4.76. The molecule has 1 rings (SSSR count). The van der Waals surface area contributed by atoms with Gasteiger partial charge >= 0.3 is 0 Å². The normalized spacial score (nSPS) is 10.8. The van der Waals surface area contributed by atoms with Gasteiger partial charge in [0.2, 0.25) is 0 Å². The van der Waals surface area contributed by atoms with Crippen LogP contribution in [0.25, 0.3) is 0 Å². The molecule has 0 heterocycles. The topological polar surface area (TPSA) is 21.3 Å². The van der Waals surface area contributed by atoms with Crippen molar-refractivity contribution in [1.82, 2.24) is 5.32 Å². The number of ether oxygens (including phenoxy) is 1. The van der Waals surface area contributed by atoms with Gasteiger partial charge < -0.3 is 10.1 Å². The highest BCUT2D eigenvalue weighted by Gasteiger charge is 1.94. The smallest absolute Gasteiger partial charge is 0.0590 e. The number of benzene rings is 1. The predicted molar refractivity (Wildman–Crippen MR) is 85.9 cm³/mol. The Kier molecular flexibility index (Phi) is 9.86. The van der Waals surface area contributed by atoms with Gasteiger partial charge in [0.05, 0.1) is 6.61 Å². The standard InChI is InChI=1S/C16H27NOS/c1-3-4-10-18-11-8-17-9-12-19-14-16-7-5-6-15(2)13-16/h5-7,13,17H,3-4,8-12,14H2,1-2H3. The van der Waals surface area contributed by atoms with Crippen LogP contribution < -0.4 is 5.32 Å². The second-order valence-corrected chi connectivity index (χ2v) is 5.86. The zero-order valence-electron chi connectivity index (χ0n) is 12.3. The average Bonchev–Trinajstić information content (AvgIpc) is 2.41. The quantitative estimate of drug-likeness (QED) is 0.626. The van der Waals surface area contributed by atoms with Crippen molar-refractivity contribution in [3.63, 3.8) is 0 Å². The van der Waals surface area contributed by atoms with Crippen LogP contribution in [0.2, 0.25) is 0 Å². The molecule has 108 valence electrons. The third kappa shape index (κ3) is 9.09. The lowest BCUT2D eigenvalue weighted by Crippen LogP contribution is -2.22. The Balaban J connectivity index is 1.89. The molecule has 0 fully saturated rings. The monoisotopic (exact) mass is 281 g/mol. The van der Waals surface area contributed by atoms with Crippen LogP contribution in [-0.2, 0) is 10.5 Å². The molecule has 1 N–H and O–H groups in total. The minimum absolute atomic E-state index is 0.836. The number of hydrogen-bond donors (Lipinski definition) is 1. The summed E-state index contributed by atoms with van der Waals surface area (Å²) in [5, 5.41) is 3.41. The maximum absolute atomic E-state index is 5.49. The van der Waals surface area contributed by atoms with Crippen LogP contribution in [-0.4, -0.2) is 32.1 Å². The van der Waals surface area contributed by atoms with Crippen molar-refractivity contribution >= 4 is 11.8 Å². The van der Waals surface area contributed by atoms with Crippen LogP contribution in [0.1, 0.15) is 30.9 Å². The van der Waals surface area contributed by atoms with Crippen molar-refractivity contribution in [1.29, 1.82) is 0 Å². The van der Waals surface area contributed by atoms with Gasteiger partial charge in [-0.3, -0.25) is 0 Å². The van der Waals surface area contributed by atoms with Gasteiger partial charge in [0.25, 0.3) is 0 Å². The SMILES string of the molecule is CCCCOCCNCCSCc1cccc(C)c1. The molecule has 1 aromatic rings. The van der Waals surface area contributed by atoms with Gasteiger partial charge in [-0.25, -0.2) is 0 Å². The second kappa shape index (κ2) is 11.3. The van der Waals surface area contributed by atoms with E-state index in [1.165, 1.54) is 24.0 Å². The van der Waals surface area contributed by atoms with Crippen LogP contribution in [0.4, 0.5) is 0 Å². The fraction of sp³-hybridized carbons (Fsp3) is 0.625. The van der Waals surface area contributed by atoms with E-state index in [0.29, 0.717) is 0 Å². The molecule has 1 aromatic carbocycles. The first-order chi connectivity index (χ1) is 9.33. The summed E-state index contributed by atoms with van der Waals surface area (Å²) in [5.74, 6) is 2.26. The van der Waals surface area contributed by atoms with E-state index < -0.39 is 0 Å². The summed E-state index contributed by atoms with van der Waals surface area (Å²) in [6, 6.07) is 8.75. The van der Waals surface area contributed by atoms with Crippen LogP contribution >= 0.6 is 11.8 Å². The molecular weight excluding hydrogens is 254 g/mol. The molecule has 0 aliphatic carbocycles. The van der Waals surface area contributed by atoms with E-state index in [-0.39, 0.29) is 0 Å². The summed E-state index contributed by atoms with van der Waals surface area (Å²) in [6.45, 7) is 8.10. The maximum atomic E-state index is 5.49. The average molecular weight is 281 g/mol. The summed E-state index contributed by atoms with van der Waals surface area (Å²) in [6.07, 6.45) is 2.38. The number of thioether (sulfide) groups is 1. The molecule has 0 aliphatic rings. The molecule has 0 spiro atoms. The lowest BCUT2D eigenvalue weighted by Gasteiger charge is -2.06. The fourth-order valence-corrected chi connectivity index (χ4v) is 2.60. The van der Waals surface area contributed by atoms with Crippen LogP contribution in [0.3, 0.4) is 0 Å². The van der Waals surface area contributed by atoms with Gasteiger partial charge in [0.1, 0.15) is 0 Å². The van der Waals surface area contributed by atoms with Crippen LogP contribution in [0.5, 0.6) is 0 Å². The Morgan fingerprint density at radius 1 is 1.21 bits per heavy atom.